The summed E-state index contributed by atoms with van der Waals surface area (Å²) in [5.41, 5.74) is 2.81. The quantitative estimate of drug-likeness (QED) is 0.782. The van der Waals surface area contributed by atoms with Gasteiger partial charge in [0.1, 0.15) is 0 Å². The predicted molar refractivity (Wildman–Crippen MR) is 60.6 cm³/mol. The largest absolute Gasteiger partial charge is 0.371 e. The number of benzene rings is 1. The van der Waals surface area contributed by atoms with Crippen molar-refractivity contribution in [1.29, 1.82) is 0 Å². The molecular formula is C12H18N2. The Morgan fingerprint density at radius 2 is 2.07 bits per heavy atom. The number of nitrogens with zero attached hydrogens (tertiary/aromatic N) is 1. The number of anilines is 1. The highest BCUT2D eigenvalue weighted by Gasteiger charge is 2.23. The third-order valence-electron chi connectivity index (χ3n) is 2.76. The molecule has 1 fully saturated rings. The van der Waals surface area contributed by atoms with Crippen LogP contribution in [-0.4, -0.2) is 20.1 Å². The first-order valence-corrected chi connectivity index (χ1v) is 5.28. The Labute approximate surface area is 85.9 Å². The molecule has 1 aliphatic heterocycles. The molecule has 0 aliphatic carbocycles. The Balaban J connectivity index is 2.15. The summed E-state index contributed by atoms with van der Waals surface area (Å²) in [6.45, 7) is 5.68. The maximum atomic E-state index is 3.21. The van der Waals surface area contributed by atoms with Crippen LogP contribution in [-0.2, 0) is 6.54 Å². The molecule has 0 aromatic heterocycles. The summed E-state index contributed by atoms with van der Waals surface area (Å²) in [6.07, 6.45) is 0. The zero-order valence-corrected chi connectivity index (χ0v) is 8.96. The SMILES string of the molecule is CNCc1ccccc1N1CC(C)C1. The van der Waals surface area contributed by atoms with E-state index in [-0.39, 0.29) is 0 Å². The Morgan fingerprint density at radius 1 is 1.36 bits per heavy atom. The highest BCUT2D eigenvalue weighted by Crippen LogP contribution is 2.27. The Hall–Kier alpha value is -1.02. The van der Waals surface area contributed by atoms with Crippen LogP contribution < -0.4 is 10.2 Å². The molecule has 1 saturated heterocycles. The lowest BCUT2D eigenvalue weighted by molar-refractivity contribution is 0.446. The second-order valence-corrected chi connectivity index (χ2v) is 4.17. The fraction of sp³-hybridized carbons (Fsp3) is 0.500. The fourth-order valence-electron chi connectivity index (χ4n) is 2.05. The standard InChI is InChI=1S/C12H18N2/c1-10-8-14(9-10)12-6-4-3-5-11(12)7-13-2/h3-6,10,13H,7-9H2,1-2H3. The minimum atomic E-state index is 0.859. The lowest BCUT2D eigenvalue weighted by atomic mass is 10.00. The first kappa shape index (κ1) is 9.53. The minimum absolute atomic E-state index is 0.859. The van der Waals surface area contributed by atoms with Crippen LogP contribution in [0.1, 0.15) is 12.5 Å². The van der Waals surface area contributed by atoms with Crippen LogP contribution in [0.4, 0.5) is 5.69 Å². The fourth-order valence-corrected chi connectivity index (χ4v) is 2.05. The zero-order chi connectivity index (χ0) is 9.97. The summed E-state index contributed by atoms with van der Waals surface area (Å²) in [5, 5.41) is 3.21. The summed E-state index contributed by atoms with van der Waals surface area (Å²) in [5.74, 6) is 0.859. The summed E-state index contributed by atoms with van der Waals surface area (Å²) < 4.78 is 0. The number of hydrogen-bond acceptors (Lipinski definition) is 2. The molecule has 0 unspecified atom stereocenters. The molecule has 0 amide bonds. The average Bonchev–Trinajstić information content (AvgIpc) is 2.15. The van der Waals surface area contributed by atoms with Gasteiger partial charge >= 0.3 is 0 Å². The van der Waals surface area contributed by atoms with Gasteiger partial charge in [-0.3, -0.25) is 0 Å². The summed E-state index contributed by atoms with van der Waals surface area (Å²) in [4.78, 5) is 2.46. The first-order valence-electron chi connectivity index (χ1n) is 5.28. The van der Waals surface area contributed by atoms with Crippen LogP contribution in [0.5, 0.6) is 0 Å². The minimum Gasteiger partial charge on any atom is -0.371 e. The molecule has 14 heavy (non-hydrogen) atoms. The maximum Gasteiger partial charge on any atom is 0.0412 e. The van der Waals surface area contributed by atoms with Gasteiger partial charge in [-0.25, -0.2) is 0 Å². The van der Waals surface area contributed by atoms with Gasteiger partial charge in [0.25, 0.3) is 0 Å². The molecule has 2 nitrogen and oxygen atoms in total. The van der Waals surface area contributed by atoms with E-state index in [1.807, 2.05) is 7.05 Å². The molecular weight excluding hydrogens is 172 g/mol. The third-order valence-corrected chi connectivity index (χ3v) is 2.76. The molecule has 76 valence electrons. The summed E-state index contributed by atoms with van der Waals surface area (Å²) in [7, 11) is 2.00. The number of rotatable bonds is 3. The van der Waals surface area contributed by atoms with Gasteiger partial charge in [-0.2, -0.15) is 0 Å². The van der Waals surface area contributed by atoms with E-state index in [9.17, 15) is 0 Å². The van der Waals surface area contributed by atoms with Crippen molar-refractivity contribution in [3.05, 3.63) is 29.8 Å². The van der Waals surface area contributed by atoms with Crippen LogP contribution in [0, 0.1) is 5.92 Å². The van der Waals surface area contributed by atoms with E-state index in [1.165, 1.54) is 24.3 Å². The van der Waals surface area contributed by atoms with Crippen molar-refractivity contribution in [2.45, 2.75) is 13.5 Å². The van der Waals surface area contributed by atoms with Crippen molar-refractivity contribution < 1.29 is 0 Å². The number of nitrogens with one attached hydrogen (secondary N) is 1. The topological polar surface area (TPSA) is 15.3 Å². The van der Waals surface area contributed by atoms with Gasteiger partial charge in [-0.1, -0.05) is 25.1 Å². The lowest BCUT2D eigenvalue weighted by Gasteiger charge is -2.40. The molecule has 0 bridgehead atoms. The van der Waals surface area contributed by atoms with E-state index in [2.05, 4.69) is 41.4 Å². The van der Waals surface area contributed by atoms with E-state index in [0.717, 1.165) is 12.5 Å². The van der Waals surface area contributed by atoms with E-state index < -0.39 is 0 Å². The first-order chi connectivity index (χ1) is 6.81. The van der Waals surface area contributed by atoms with Crippen molar-refractivity contribution in [2.24, 2.45) is 5.92 Å². The molecule has 1 aliphatic rings. The second kappa shape index (κ2) is 4.01. The van der Waals surface area contributed by atoms with E-state index in [1.54, 1.807) is 0 Å². The van der Waals surface area contributed by atoms with Crippen molar-refractivity contribution in [3.8, 4) is 0 Å². The summed E-state index contributed by atoms with van der Waals surface area (Å²) in [6, 6.07) is 8.66. The Kier molecular flexibility index (Phi) is 2.73. The van der Waals surface area contributed by atoms with Crippen LogP contribution in [0.3, 0.4) is 0 Å². The van der Waals surface area contributed by atoms with Crippen molar-refractivity contribution in [3.63, 3.8) is 0 Å². The number of para-hydroxylation sites is 1. The van der Waals surface area contributed by atoms with Crippen LogP contribution >= 0.6 is 0 Å². The molecule has 1 aromatic rings. The van der Waals surface area contributed by atoms with Gasteiger partial charge in [-0.05, 0) is 24.6 Å². The van der Waals surface area contributed by atoms with Gasteiger partial charge in [0.15, 0.2) is 0 Å². The molecule has 0 atom stereocenters. The normalized spacial score (nSPS) is 16.9. The Morgan fingerprint density at radius 3 is 2.71 bits per heavy atom. The molecule has 1 N–H and O–H groups in total. The van der Waals surface area contributed by atoms with Crippen molar-refractivity contribution >= 4 is 5.69 Å². The van der Waals surface area contributed by atoms with Crippen LogP contribution in [0.2, 0.25) is 0 Å². The molecule has 2 heteroatoms. The van der Waals surface area contributed by atoms with E-state index in [0.29, 0.717) is 0 Å². The van der Waals surface area contributed by atoms with Crippen LogP contribution in [0.15, 0.2) is 24.3 Å². The average molecular weight is 190 g/mol. The van der Waals surface area contributed by atoms with Gasteiger partial charge in [0.2, 0.25) is 0 Å². The predicted octanol–water partition coefficient (Wildman–Crippen LogP) is 1.86. The highest BCUT2D eigenvalue weighted by atomic mass is 15.2. The lowest BCUT2D eigenvalue weighted by Crippen LogP contribution is -2.45. The van der Waals surface area contributed by atoms with Gasteiger partial charge in [0, 0.05) is 25.3 Å². The van der Waals surface area contributed by atoms with Gasteiger partial charge in [0.05, 0.1) is 0 Å². The molecule has 1 heterocycles. The van der Waals surface area contributed by atoms with E-state index in [4.69, 9.17) is 0 Å². The van der Waals surface area contributed by atoms with Gasteiger partial charge < -0.3 is 10.2 Å². The highest BCUT2D eigenvalue weighted by molar-refractivity contribution is 5.55. The van der Waals surface area contributed by atoms with E-state index >= 15 is 0 Å². The molecule has 0 radical (unpaired) electrons. The van der Waals surface area contributed by atoms with Crippen molar-refractivity contribution in [2.75, 3.05) is 25.0 Å². The molecule has 1 aromatic carbocycles. The third kappa shape index (κ3) is 1.75. The van der Waals surface area contributed by atoms with Crippen molar-refractivity contribution in [1.82, 2.24) is 5.32 Å². The maximum absolute atomic E-state index is 3.21. The summed E-state index contributed by atoms with van der Waals surface area (Å²) >= 11 is 0. The Bertz CT molecular complexity index is 303. The van der Waals surface area contributed by atoms with Gasteiger partial charge in [-0.15, -0.1) is 0 Å². The number of hydrogen-bond donors (Lipinski definition) is 1. The second-order valence-electron chi connectivity index (χ2n) is 4.17. The zero-order valence-electron chi connectivity index (χ0n) is 8.96. The smallest absolute Gasteiger partial charge is 0.0412 e. The van der Waals surface area contributed by atoms with Crippen LogP contribution in [0.25, 0.3) is 0 Å². The molecule has 2 rings (SSSR count). The molecule has 0 saturated carbocycles. The monoisotopic (exact) mass is 190 g/mol. The molecule has 0 spiro atoms.